The van der Waals surface area contributed by atoms with Crippen molar-refractivity contribution >= 4 is 39.8 Å². The molecule has 0 radical (unpaired) electrons. The molecule has 3 aromatic carbocycles. The van der Waals surface area contributed by atoms with Gasteiger partial charge in [-0.25, -0.2) is 0 Å². The summed E-state index contributed by atoms with van der Waals surface area (Å²) in [5, 5.41) is -0.843. The summed E-state index contributed by atoms with van der Waals surface area (Å²) in [5.41, 5.74) is 5.80. The zero-order valence-electron chi connectivity index (χ0n) is 24.5. The van der Waals surface area contributed by atoms with Gasteiger partial charge in [-0.15, -0.1) is 11.8 Å². The molecule has 1 N–H and O–H groups in total. The number of carbonyl (C=O) groups is 3. The first-order chi connectivity index (χ1) is 22.2. The van der Waals surface area contributed by atoms with Gasteiger partial charge < -0.3 is 14.2 Å². The Morgan fingerprint density at radius 2 is 1.50 bits per heavy atom. The molecule has 0 saturated carbocycles. The molecule has 10 rings (SSSR count). The van der Waals surface area contributed by atoms with Crippen LogP contribution < -0.4 is 4.74 Å². The predicted octanol–water partition coefficient (Wildman–Crippen LogP) is 4.58. The molecule has 46 heavy (non-hydrogen) atoms. The fourth-order valence-electron chi connectivity index (χ4n) is 9.14. The van der Waals surface area contributed by atoms with E-state index in [9.17, 15) is 27.4 Å². The Labute approximate surface area is 269 Å². The normalized spacial score (nSPS) is 32.7. The van der Waals surface area contributed by atoms with E-state index in [2.05, 4.69) is 24.3 Å². The third-order valence-electron chi connectivity index (χ3n) is 11.0. The number of fused-ring (bicyclic) bond motifs is 3. The first kappa shape index (κ1) is 28.5. The van der Waals surface area contributed by atoms with Gasteiger partial charge in [0.2, 0.25) is 0 Å². The maximum Gasteiger partial charge on any atom is 0.316 e. The quantitative estimate of drug-likeness (QED) is 0.236. The van der Waals surface area contributed by atoms with Gasteiger partial charge in [0, 0.05) is 11.8 Å². The Hall–Kier alpha value is -3.67. The minimum Gasteiger partial charge on any atom is -0.457 e. The van der Waals surface area contributed by atoms with Crippen LogP contribution in [0.1, 0.15) is 64.5 Å². The highest BCUT2D eigenvalue weighted by Crippen LogP contribution is 2.60. The van der Waals surface area contributed by atoms with Gasteiger partial charge in [-0.3, -0.25) is 18.9 Å². The smallest absolute Gasteiger partial charge is 0.316 e. The number of hydrogen-bond acceptors (Lipinski definition) is 9. The molecule has 3 aliphatic heterocycles. The molecule has 3 fully saturated rings. The van der Waals surface area contributed by atoms with Crippen molar-refractivity contribution in [2.24, 2.45) is 17.8 Å². The average molecular weight is 659 g/mol. The Balaban J connectivity index is 0.998. The first-order valence-electron chi connectivity index (χ1n) is 15.8. The molecule has 9 nitrogen and oxygen atoms in total. The highest BCUT2D eigenvalue weighted by atomic mass is 32.2. The molecule has 7 unspecified atom stereocenters. The third-order valence-corrected chi connectivity index (χ3v) is 13.7. The van der Waals surface area contributed by atoms with Gasteiger partial charge >= 0.3 is 17.9 Å². The number of hydrogen-bond donors (Lipinski definition) is 1. The summed E-state index contributed by atoms with van der Waals surface area (Å²) in [6, 6.07) is 19.2. The van der Waals surface area contributed by atoms with Crippen molar-refractivity contribution in [1.82, 2.24) is 0 Å². The largest absolute Gasteiger partial charge is 0.457 e. The lowest BCUT2D eigenvalue weighted by Crippen LogP contribution is -2.49. The second-order valence-corrected chi connectivity index (χ2v) is 15.9. The standard InChI is InChI=1S/C35H30O9S2/c36-33(23-15-22-16-7-1-5-11-20(16)26(23)21-12-6-2-8-17(21)22)43-29-30-32-28(35(38)44-30)27(31(29)45-32)34(37)42-24-13-14-25(46(39,40)41)19-10-4-3-9-18(19)24/h1-2,5-8,11-14,22-23,26-32H,3-4,9-10,15H2,(H,39,40,41). The van der Waals surface area contributed by atoms with E-state index >= 15 is 0 Å². The van der Waals surface area contributed by atoms with Crippen molar-refractivity contribution in [3.8, 4) is 5.75 Å². The van der Waals surface area contributed by atoms with Gasteiger partial charge in [-0.1, -0.05) is 48.5 Å². The Kier molecular flexibility index (Phi) is 6.31. The van der Waals surface area contributed by atoms with Gasteiger partial charge in [0.15, 0.2) is 12.2 Å². The van der Waals surface area contributed by atoms with E-state index in [4.69, 9.17) is 14.2 Å². The van der Waals surface area contributed by atoms with E-state index < -0.39 is 57.3 Å². The highest BCUT2D eigenvalue weighted by molar-refractivity contribution is 8.01. The molecule has 4 aliphatic carbocycles. The van der Waals surface area contributed by atoms with E-state index in [-0.39, 0.29) is 33.7 Å². The van der Waals surface area contributed by atoms with Crippen molar-refractivity contribution < 1.29 is 41.6 Å². The van der Waals surface area contributed by atoms with Crippen LogP contribution >= 0.6 is 11.8 Å². The van der Waals surface area contributed by atoms with Crippen LogP contribution in [0.15, 0.2) is 65.6 Å². The minimum absolute atomic E-state index is 0.0823. The van der Waals surface area contributed by atoms with Crippen LogP contribution in [0.4, 0.5) is 0 Å². The number of benzene rings is 3. The SMILES string of the molecule is O=C(OC1C2OC(=O)C3C2SC1C3C(=O)Oc1ccc(S(=O)(=O)O)c2c1CCCC2)C1CC2c3ccccc3C1c1ccccc12. The number of ether oxygens (including phenoxy) is 3. The molecule has 0 aromatic heterocycles. The van der Waals surface area contributed by atoms with Gasteiger partial charge in [0.05, 0.1) is 33.1 Å². The molecule has 7 atom stereocenters. The Bertz CT molecular complexity index is 1910. The molecular formula is C35H30O9S2. The summed E-state index contributed by atoms with van der Waals surface area (Å²) in [6.45, 7) is 0. The molecule has 0 amide bonds. The van der Waals surface area contributed by atoms with Crippen molar-refractivity contribution in [3.05, 3.63) is 94.0 Å². The number of esters is 3. The van der Waals surface area contributed by atoms with E-state index in [1.165, 1.54) is 35.0 Å². The van der Waals surface area contributed by atoms with Crippen LogP contribution in [0.5, 0.6) is 5.75 Å². The summed E-state index contributed by atoms with van der Waals surface area (Å²) in [5.74, 6) is -3.31. The van der Waals surface area contributed by atoms with Gasteiger partial charge in [-0.2, -0.15) is 8.42 Å². The van der Waals surface area contributed by atoms with Gasteiger partial charge in [-0.05, 0) is 77.6 Å². The zero-order valence-corrected chi connectivity index (χ0v) is 26.2. The minimum atomic E-state index is -4.44. The number of rotatable bonds is 5. The van der Waals surface area contributed by atoms with Crippen LogP contribution in [-0.2, 0) is 46.8 Å². The van der Waals surface area contributed by atoms with E-state index in [1.807, 2.05) is 24.3 Å². The highest BCUT2D eigenvalue weighted by Gasteiger charge is 2.71. The Morgan fingerprint density at radius 1 is 0.848 bits per heavy atom. The van der Waals surface area contributed by atoms with Gasteiger partial charge in [0.1, 0.15) is 5.75 Å². The molecule has 3 heterocycles. The van der Waals surface area contributed by atoms with E-state index in [0.717, 1.165) is 24.0 Å². The van der Waals surface area contributed by atoms with Crippen LogP contribution in [0.3, 0.4) is 0 Å². The topological polar surface area (TPSA) is 133 Å². The van der Waals surface area contributed by atoms with E-state index in [0.29, 0.717) is 30.4 Å². The summed E-state index contributed by atoms with van der Waals surface area (Å²) in [4.78, 5) is 40.9. The second-order valence-electron chi connectivity index (χ2n) is 13.2. The lowest BCUT2D eigenvalue weighted by atomic mass is 9.59. The molecule has 3 aromatic rings. The van der Waals surface area contributed by atoms with Crippen LogP contribution in [-0.4, -0.2) is 53.6 Å². The summed E-state index contributed by atoms with van der Waals surface area (Å²) >= 11 is 1.45. The zero-order chi connectivity index (χ0) is 31.5. The van der Waals surface area contributed by atoms with Crippen LogP contribution in [0.25, 0.3) is 0 Å². The number of thioether (sulfide) groups is 1. The predicted molar refractivity (Wildman–Crippen MR) is 165 cm³/mol. The maximum absolute atomic E-state index is 14.1. The first-order valence-corrected chi connectivity index (χ1v) is 18.2. The second kappa shape index (κ2) is 10.2. The van der Waals surface area contributed by atoms with Crippen molar-refractivity contribution in [1.29, 1.82) is 0 Å². The van der Waals surface area contributed by atoms with Crippen molar-refractivity contribution in [3.63, 3.8) is 0 Å². The maximum atomic E-state index is 14.1. The van der Waals surface area contributed by atoms with Crippen LogP contribution in [0, 0.1) is 17.8 Å². The fraction of sp³-hybridized carbons (Fsp3) is 0.400. The number of carbonyl (C=O) groups excluding carboxylic acids is 3. The molecule has 7 aliphatic rings. The Morgan fingerprint density at radius 3 is 2.17 bits per heavy atom. The van der Waals surface area contributed by atoms with E-state index in [1.54, 1.807) is 0 Å². The van der Waals surface area contributed by atoms with Crippen molar-refractivity contribution in [2.75, 3.05) is 0 Å². The van der Waals surface area contributed by atoms with Crippen molar-refractivity contribution in [2.45, 2.75) is 71.5 Å². The summed E-state index contributed by atoms with van der Waals surface area (Å²) < 4.78 is 51.7. The monoisotopic (exact) mass is 658 g/mol. The molecule has 11 heteroatoms. The van der Waals surface area contributed by atoms with Gasteiger partial charge in [0.25, 0.3) is 10.1 Å². The fourth-order valence-corrected chi connectivity index (χ4v) is 11.9. The average Bonchev–Trinajstić information content (AvgIpc) is 3.68. The molecule has 3 saturated heterocycles. The summed E-state index contributed by atoms with van der Waals surface area (Å²) in [6.07, 6.45) is 1.67. The molecular weight excluding hydrogens is 629 g/mol. The molecule has 236 valence electrons. The molecule has 0 spiro atoms. The summed E-state index contributed by atoms with van der Waals surface area (Å²) in [7, 11) is -4.44. The lowest BCUT2D eigenvalue weighted by molar-refractivity contribution is -0.165. The third kappa shape index (κ3) is 4.04. The lowest BCUT2D eigenvalue weighted by Gasteiger charge is -2.44. The van der Waals surface area contributed by atoms with Crippen LogP contribution in [0.2, 0.25) is 0 Å². The molecule has 4 bridgehead atoms.